The molecule has 0 saturated heterocycles. The van der Waals surface area contributed by atoms with E-state index in [4.69, 9.17) is 4.98 Å². The van der Waals surface area contributed by atoms with Gasteiger partial charge in [-0.3, -0.25) is 4.79 Å². The Kier molecular flexibility index (Phi) is 4.96. The minimum Gasteiger partial charge on any atom is -0.311 e. The Morgan fingerprint density at radius 2 is 1.83 bits per heavy atom. The summed E-state index contributed by atoms with van der Waals surface area (Å²) in [5.41, 5.74) is 4.18. The van der Waals surface area contributed by atoms with E-state index >= 15 is 0 Å². The van der Waals surface area contributed by atoms with Crippen molar-refractivity contribution in [1.29, 1.82) is 0 Å². The van der Waals surface area contributed by atoms with Crippen molar-refractivity contribution in [2.45, 2.75) is 33.7 Å². The molecular weight excluding hydrogens is 380 g/mol. The molecule has 0 aliphatic carbocycles. The summed E-state index contributed by atoms with van der Waals surface area (Å²) >= 11 is 1.68. The van der Waals surface area contributed by atoms with E-state index in [0.29, 0.717) is 5.56 Å². The fourth-order valence-electron chi connectivity index (χ4n) is 3.34. The molecule has 0 fully saturated rings. The van der Waals surface area contributed by atoms with Crippen molar-refractivity contribution in [1.82, 2.24) is 14.8 Å². The van der Waals surface area contributed by atoms with Crippen molar-refractivity contribution in [3.05, 3.63) is 64.7 Å². The molecule has 6 heteroatoms. The Morgan fingerprint density at radius 3 is 2.45 bits per heavy atom. The highest BCUT2D eigenvalue weighted by atomic mass is 32.1. The third kappa shape index (κ3) is 3.56. The molecule has 0 aliphatic rings. The van der Waals surface area contributed by atoms with E-state index < -0.39 is 0 Å². The van der Waals surface area contributed by atoms with Crippen molar-refractivity contribution in [3.63, 3.8) is 0 Å². The second-order valence-corrected chi connectivity index (χ2v) is 8.87. The Labute approximate surface area is 174 Å². The maximum absolute atomic E-state index is 13.5. The third-order valence-electron chi connectivity index (χ3n) is 5.00. The lowest BCUT2D eigenvalue weighted by molar-refractivity contribution is 0.0994. The van der Waals surface area contributed by atoms with Gasteiger partial charge in [-0.2, -0.15) is 5.10 Å². The Balaban J connectivity index is 1.87. The van der Waals surface area contributed by atoms with E-state index in [1.807, 2.05) is 41.9 Å². The molecule has 29 heavy (non-hydrogen) atoms. The standard InChI is InChI=1S/C23H24N4OS/c1-14(2)27-22-19(13-24-27)18(12-20(25-22)21-11-8-16(4)29-21)23(28)26(5)17-9-6-15(3)7-10-17/h6-14H,1-5H3. The monoisotopic (exact) mass is 404 g/mol. The van der Waals surface area contributed by atoms with Gasteiger partial charge in [0.15, 0.2) is 5.65 Å². The normalized spacial score (nSPS) is 11.4. The topological polar surface area (TPSA) is 51.0 Å². The molecule has 3 aromatic heterocycles. The highest BCUT2D eigenvalue weighted by Crippen LogP contribution is 2.31. The van der Waals surface area contributed by atoms with Crippen molar-refractivity contribution < 1.29 is 4.79 Å². The van der Waals surface area contributed by atoms with Crippen molar-refractivity contribution in [2.75, 3.05) is 11.9 Å². The maximum atomic E-state index is 13.5. The van der Waals surface area contributed by atoms with Gasteiger partial charge in [0.05, 0.1) is 27.7 Å². The summed E-state index contributed by atoms with van der Waals surface area (Å²) in [5, 5.41) is 5.29. The van der Waals surface area contributed by atoms with Gasteiger partial charge < -0.3 is 4.90 Å². The molecule has 0 atom stereocenters. The van der Waals surface area contributed by atoms with Crippen LogP contribution >= 0.6 is 11.3 Å². The highest BCUT2D eigenvalue weighted by molar-refractivity contribution is 7.15. The molecule has 1 amide bonds. The number of hydrogen-bond donors (Lipinski definition) is 0. The molecule has 1 aromatic carbocycles. The van der Waals surface area contributed by atoms with Gasteiger partial charge in [0.1, 0.15) is 0 Å². The van der Waals surface area contributed by atoms with Crippen LogP contribution in [0.5, 0.6) is 0 Å². The van der Waals surface area contributed by atoms with Gasteiger partial charge in [-0.1, -0.05) is 17.7 Å². The summed E-state index contributed by atoms with van der Waals surface area (Å²) in [7, 11) is 1.81. The molecule has 4 rings (SSSR count). The quantitative estimate of drug-likeness (QED) is 0.443. The molecule has 4 aromatic rings. The number of nitrogens with zero attached hydrogens (tertiary/aromatic N) is 4. The molecule has 0 radical (unpaired) electrons. The Bertz CT molecular complexity index is 1190. The van der Waals surface area contributed by atoms with Crippen LogP contribution in [-0.4, -0.2) is 27.7 Å². The average molecular weight is 405 g/mol. The summed E-state index contributed by atoms with van der Waals surface area (Å²) in [5.74, 6) is -0.0703. The van der Waals surface area contributed by atoms with Gasteiger partial charge in [-0.25, -0.2) is 9.67 Å². The number of benzene rings is 1. The molecule has 3 heterocycles. The fraction of sp³-hybridized carbons (Fsp3) is 0.261. The van der Waals surface area contributed by atoms with Crippen molar-refractivity contribution in [2.24, 2.45) is 0 Å². The minimum atomic E-state index is -0.0703. The number of amides is 1. The number of thiophene rings is 1. The van der Waals surface area contributed by atoms with E-state index in [1.54, 1.807) is 29.5 Å². The van der Waals surface area contributed by atoms with Crippen LogP contribution in [0.2, 0.25) is 0 Å². The van der Waals surface area contributed by atoms with Crippen LogP contribution in [0.25, 0.3) is 21.6 Å². The second-order valence-electron chi connectivity index (χ2n) is 7.59. The molecule has 0 aliphatic heterocycles. The SMILES string of the molecule is Cc1ccc(N(C)C(=O)c2cc(-c3ccc(C)s3)nc3c2cnn3C(C)C)cc1. The number of hydrogen-bond acceptors (Lipinski definition) is 4. The number of pyridine rings is 1. The number of rotatable bonds is 4. The van der Waals surface area contributed by atoms with Crippen LogP contribution in [0, 0.1) is 13.8 Å². The number of carbonyl (C=O) groups is 1. The molecule has 5 nitrogen and oxygen atoms in total. The average Bonchev–Trinajstić information content (AvgIpc) is 3.33. The lowest BCUT2D eigenvalue weighted by Gasteiger charge is -2.18. The smallest absolute Gasteiger partial charge is 0.258 e. The van der Waals surface area contributed by atoms with Gasteiger partial charge in [-0.05, 0) is 58.0 Å². The first-order valence-corrected chi connectivity index (χ1v) is 10.5. The predicted molar refractivity (Wildman–Crippen MR) is 120 cm³/mol. The Morgan fingerprint density at radius 1 is 1.10 bits per heavy atom. The molecule has 0 bridgehead atoms. The zero-order chi connectivity index (χ0) is 20.7. The summed E-state index contributed by atoms with van der Waals surface area (Å²) in [6.45, 7) is 8.24. The number of fused-ring (bicyclic) bond motifs is 1. The summed E-state index contributed by atoms with van der Waals surface area (Å²) in [6, 6.07) is 14.1. The van der Waals surface area contributed by atoms with Crippen LogP contribution in [0.15, 0.2) is 48.7 Å². The van der Waals surface area contributed by atoms with Crippen LogP contribution in [0.1, 0.15) is 40.7 Å². The molecule has 0 saturated carbocycles. The summed E-state index contributed by atoms with van der Waals surface area (Å²) < 4.78 is 1.88. The van der Waals surface area contributed by atoms with Crippen LogP contribution < -0.4 is 4.90 Å². The van der Waals surface area contributed by atoms with Gasteiger partial charge in [0.2, 0.25) is 0 Å². The van der Waals surface area contributed by atoms with Crippen LogP contribution in [-0.2, 0) is 0 Å². The first kappa shape index (κ1) is 19.3. The van der Waals surface area contributed by atoms with Crippen LogP contribution in [0.3, 0.4) is 0 Å². The molecule has 0 spiro atoms. The number of aryl methyl sites for hydroxylation is 2. The predicted octanol–water partition coefficient (Wildman–Crippen LogP) is 5.63. The first-order valence-electron chi connectivity index (χ1n) is 9.65. The van der Waals surface area contributed by atoms with E-state index in [0.717, 1.165) is 32.9 Å². The third-order valence-corrected chi connectivity index (χ3v) is 6.03. The number of carbonyl (C=O) groups excluding carboxylic acids is 1. The largest absolute Gasteiger partial charge is 0.311 e. The molecule has 148 valence electrons. The second kappa shape index (κ2) is 7.44. The lowest BCUT2D eigenvalue weighted by Crippen LogP contribution is -2.26. The van der Waals surface area contributed by atoms with Gasteiger partial charge in [-0.15, -0.1) is 11.3 Å². The zero-order valence-electron chi connectivity index (χ0n) is 17.3. The van der Waals surface area contributed by atoms with Crippen molar-refractivity contribution in [3.8, 4) is 10.6 Å². The van der Waals surface area contributed by atoms with Gasteiger partial charge >= 0.3 is 0 Å². The highest BCUT2D eigenvalue weighted by Gasteiger charge is 2.22. The van der Waals surface area contributed by atoms with Gasteiger partial charge in [0.25, 0.3) is 5.91 Å². The lowest BCUT2D eigenvalue weighted by atomic mass is 10.1. The van der Waals surface area contributed by atoms with E-state index in [1.165, 1.54) is 4.88 Å². The van der Waals surface area contributed by atoms with E-state index in [9.17, 15) is 4.79 Å². The first-order chi connectivity index (χ1) is 13.8. The van der Waals surface area contributed by atoms with Gasteiger partial charge in [0, 0.05) is 23.7 Å². The zero-order valence-corrected chi connectivity index (χ0v) is 18.1. The van der Waals surface area contributed by atoms with E-state index in [2.05, 4.69) is 38.0 Å². The number of anilines is 1. The summed E-state index contributed by atoms with van der Waals surface area (Å²) in [4.78, 5) is 22.3. The summed E-state index contributed by atoms with van der Waals surface area (Å²) in [6.07, 6.45) is 1.75. The fourth-order valence-corrected chi connectivity index (χ4v) is 4.17. The molecule has 0 N–H and O–H groups in total. The van der Waals surface area contributed by atoms with Crippen LogP contribution in [0.4, 0.5) is 5.69 Å². The van der Waals surface area contributed by atoms with E-state index in [-0.39, 0.29) is 11.9 Å². The minimum absolute atomic E-state index is 0.0703. The molecule has 0 unspecified atom stereocenters. The maximum Gasteiger partial charge on any atom is 0.258 e. The number of aromatic nitrogens is 3. The molecular formula is C23H24N4OS. The Hall–Kier alpha value is -2.99. The van der Waals surface area contributed by atoms with Crippen molar-refractivity contribution >= 4 is 34.0 Å².